The number of alkyl halides is 2. The molecule has 1 atom stereocenters. The van der Waals surface area contributed by atoms with Crippen molar-refractivity contribution in [3.8, 4) is 22.5 Å². The first-order chi connectivity index (χ1) is 16.2. The third kappa shape index (κ3) is 3.85. The molecule has 0 amide bonds. The summed E-state index contributed by atoms with van der Waals surface area (Å²) in [6, 6.07) is 7.15. The molecule has 0 aliphatic heterocycles. The Morgan fingerprint density at radius 2 is 1.71 bits per heavy atom. The third-order valence-electron chi connectivity index (χ3n) is 5.49. The summed E-state index contributed by atoms with van der Waals surface area (Å²) < 4.78 is 45.2. The van der Waals surface area contributed by atoms with Gasteiger partial charge in [0.2, 0.25) is 5.95 Å². The molecule has 0 fully saturated rings. The smallest absolute Gasteiger partial charge is 0.271 e. The summed E-state index contributed by atoms with van der Waals surface area (Å²) >= 11 is 0. The number of halogens is 3. The molecule has 8 nitrogen and oxygen atoms in total. The Balaban J connectivity index is 1.53. The predicted molar refractivity (Wildman–Crippen MR) is 120 cm³/mol. The number of pyridine rings is 1. The summed E-state index contributed by atoms with van der Waals surface area (Å²) in [4.78, 5) is 13.1. The summed E-state index contributed by atoms with van der Waals surface area (Å²) in [5, 5.41) is 8.35. The number of benzene rings is 1. The van der Waals surface area contributed by atoms with Crippen molar-refractivity contribution in [2.45, 2.75) is 25.8 Å². The monoisotopic (exact) mass is 464 g/mol. The van der Waals surface area contributed by atoms with E-state index < -0.39 is 17.8 Å². The standard InChI is InChI=1S/C23H19F3N8/c1-13-17(7-8-20-31-22(27)32-34(13)20)19-11-28-10-18(30-19)15-9-29-33(12-15)21(23(2,25)26)14-3-5-16(24)6-4-14/h3-12,21H,1-2H3,(H2,27,32)/t21-/m1/s1. The number of hydrogen-bond acceptors (Lipinski definition) is 6. The van der Waals surface area contributed by atoms with Gasteiger partial charge in [-0.1, -0.05) is 12.1 Å². The van der Waals surface area contributed by atoms with Crippen LogP contribution in [0.3, 0.4) is 0 Å². The van der Waals surface area contributed by atoms with Gasteiger partial charge in [0, 0.05) is 24.2 Å². The lowest BCUT2D eigenvalue weighted by molar-refractivity contribution is -0.0217. The number of aryl methyl sites for hydroxylation is 1. The fourth-order valence-electron chi connectivity index (χ4n) is 3.93. The molecule has 0 unspecified atom stereocenters. The van der Waals surface area contributed by atoms with Gasteiger partial charge < -0.3 is 5.73 Å². The second kappa shape index (κ2) is 7.94. The minimum Gasteiger partial charge on any atom is -0.366 e. The summed E-state index contributed by atoms with van der Waals surface area (Å²) in [6.07, 6.45) is 6.06. The van der Waals surface area contributed by atoms with Crippen LogP contribution in [-0.2, 0) is 0 Å². The van der Waals surface area contributed by atoms with E-state index >= 15 is 0 Å². The van der Waals surface area contributed by atoms with Crippen LogP contribution in [0, 0.1) is 12.7 Å². The van der Waals surface area contributed by atoms with Gasteiger partial charge in [-0.3, -0.25) is 9.67 Å². The van der Waals surface area contributed by atoms with Gasteiger partial charge in [-0.25, -0.2) is 22.7 Å². The Morgan fingerprint density at radius 3 is 2.44 bits per heavy atom. The van der Waals surface area contributed by atoms with E-state index in [1.807, 2.05) is 13.0 Å². The molecule has 1 aromatic carbocycles. The highest BCUT2D eigenvalue weighted by Crippen LogP contribution is 2.35. The van der Waals surface area contributed by atoms with Gasteiger partial charge in [0.25, 0.3) is 5.92 Å². The fraction of sp³-hybridized carbons (Fsp3) is 0.174. The average Bonchev–Trinajstić information content (AvgIpc) is 3.42. The molecule has 5 rings (SSSR count). The number of anilines is 1. The number of hydrogen-bond donors (Lipinski definition) is 1. The van der Waals surface area contributed by atoms with Gasteiger partial charge in [0.05, 0.1) is 35.7 Å². The Labute approximate surface area is 191 Å². The average molecular weight is 464 g/mol. The molecule has 0 radical (unpaired) electrons. The number of nitrogen functional groups attached to an aromatic ring is 1. The molecule has 0 spiro atoms. The van der Waals surface area contributed by atoms with Crippen molar-refractivity contribution in [2.24, 2.45) is 0 Å². The minimum absolute atomic E-state index is 0.163. The molecule has 2 N–H and O–H groups in total. The first-order valence-corrected chi connectivity index (χ1v) is 10.3. The van der Waals surface area contributed by atoms with E-state index in [4.69, 9.17) is 5.73 Å². The van der Waals surface area contributed by atoms with Crippen molar-refractivity contribution in [1.82, 2.24) is 34.3 Å². The molecular weight excluding hydrogens is 445 g/mol. The van der Waals surface area contributed by atoms with Crippen molar-refractivity contribution >= 4 is 11.6 Å². The zero-order valence-corrected chi connectivity index (χ0v) is 18.2. The predicted octanol–water partition coefficient (Wildman–Crippen LogP) is 4.32. The normalized spacial score (nSPS) is 12.9. The van der Waals surface area contributed by atoms with E-state index in [0.717, 1.165) is 35.0 Å². The van der Waals surface area contributed by atoms with Crippen LogP contribution in [0.1, 0.15) is 24.2 Å². The lowest BCUT2D eigenvalue weighted by atomic mass is 10.0. The van der Waals surface area contributed by atoms with Crippen LogP contribution in [0.5, 0.6) is 0 Å². The molecule has 0 aliphatic rings. The highest BCUT2D eigenvalue weighted by molar-refractivity contribution is 5.67. The van der Waals surface area contributed by atoms with Crippen molar-refractivity contribution in [3.63, 3.8) is 0 Å². The second-order valence-corrected chi connectivity index (χ2v) is 7.98. The van der Waals surface area contributed by atoms with Crippen LogP contribution >= 0.6 is 0 Å². The first-order valence-electron chi connectivity index (χ1n) is 10.3. The maximum absolute atomic E-state index is 14.5. The van der Waals surface area contributed by atoms with Crippen LogP contribution in [0.2, 0.25) is 0 Å². The van der Waals surface area contributed by atoms with E-state index in [9.17, 15) is 13.2 Å². The van der Waals surface area contributed by atoms with E-state index in [2.05, 4.69) is 25.1 Å². The van der Waals surface area contributed by atoms with Crippen LogP contribution < -0.4 is 5.73 Å². The fourth-order valence-corrected chi connectivity index (χ4v) is 3.93. The Morgan fingerprint density at radius 1 is 0.971 bits per heavy atom. The van der Waals surface area contributed by atoms with Crippen LogP contribution in [0.15, 0.2) is 61.2 Å². The third-order valence-corrected chi connectivity index (χ3v) is 5.49. The van der Waals surface area contributed by atoms with Crippen LogP contribution in [0.4, 0.5) is 19.1 Å². The molecule has 0 bridgehead atoms. The van der Waals surface area contributed by atoms with Crippen LogP contribution in [-0.4, -0.2) is 40.3 Å². The highest BCUT2D eigenvalue weighted by atomic mass is 19.3. The zero-order chi connectivity index (χ0) is 24.0. The topological polar surface area (TPSA) is 99.8 Å². The van der Waals surface area contributed by atoms with E-state index in [0.29, 0.717) is 22.6 Å². The lowest BCUT2D eigenvalue weighted by Gasteiger charge is -2.24. The number of rotatable bonds is 5. The van der Waals surface area contributed by atoms with Gasteiger partial charge in [-0.05, 0) is 36.8 Å². The summed E-state index contributed by atoms with van der Waals surface area (Å²) in [7, 11) is 0. The number of aromatic nitrogens is 7. The van der Waals surface area contributed by atoms with Crippen molar-refractivity contribution < 1.29 is 13.2 Å². The molecule has 34 heavy (non-hydrogen) atoms. The quantitative estimate of drug-likeness (QED) is 0.416. The summed E-state index contributed by atoms with van der Waals surface area (Å²) in [5.41, 5.74) is 9.61. The maximum atomic E-state index is 14.5. The highest BCUT2D eigenvalue weighted by Gasteiger charge is 2.37. The molecule has 0 saturated carbocycles. The van der Waals surface area contributed by atoms with Gasteiger partial charge in [-0.2, -0.15) is 10.1 Å². The van der Waals surface area contributed by atoms with Crippen molar-refractivity contribution in [2.75, 3.05) is 5.73 Å². The first kappa shape index (κ1) is 21.6. The molecule has 11 heteroatoms. The van der Waals surface area contributed by atoms with Gasteiger partial charge >= 0.3 is 0 Å². The summed E-state index contributed by atoms with van der Waals surface area (Å²) in [5.74, 6) is -3.49. The van der Waals surface area contributed by atoms with E-state index in [-0.39, 0.29) is 11.5 Å². The van der Waals surface area contributed by atoms with Gasteiger partial charge in [0.15, 0.2) is 5.65 Å². The minimum atomic E-state index is -3.15. The number of fused-ring (bicyclic) bond motifs is 1. The zero-order valence-electron chi connectivity index (χ0n) is 18.2. The van der Waals surface area contributed by atoms with E-state index in [1.54, 1.807) is 16.8 Å². The molecule has 172 valence electrons. The largest absolute Gasteiger partial charge is 0.366 e. The van der Waals surface area contributed by atoms with E-state index in [1.165, 1.54) is 30.7 Å². The molecule has 0 aliphatic carbocycles. The number of nitrogens with zero attached hydrogens (tertiary/aromatic N) is 7. The SMILES string of the molecule is Cc1c(-c2cncc(-c3cnn([C@H](c4ccc(F)cc4)C(C)(F)F)c3)n2)ccc2nc(N)nn12. The van der Waals surface area contributed by atoms with Crippen molar-refractivity contribution in [3.05, 3.63) is 78.3 Å². The second-order valence-electron chi connectivity index (χ2n) is 7.98. The molecule has 0 saturated heterocycles. The number of nitrogens with two attached hydrogens (primary N) is 1. The molecule has 4 aromatic heterocycles. The Bertz CT molecular complexity index is 1480. The Kier molecular flexibility index (Phi) is 5.03. The summed E-state index contributed by atoms with van der Waals surface area (Å²) in [6.45, 7) is 2.66. The lowest BCUT2D eigenvalue weighted by Crippen LogP contribution is -2.29. The molecule has 5 aromatic rings. The van der Waals surface area contributed by atoms with Crippen LogP contribution in [0.25, 0.3) is 28.2 Å². The molecule has 4 heterocycles. The van der Waals surface area contributed by atoms with Gasteiger partial charge in [0.1, 0.15) is 11.9 Å². The Hall–Kier alpha value is -4.28. The maximum Gasteiger partial charge on any atom is 0.271 e. The van der Waals surface area contributed by atoms with Gasteiger partial charge in [-0.15, -0.1) is 5.10 Å². The van der Waals surface area contributed by atoms with Crippen molar-refractivity contribution in [1.29, 1.82) is 0 Å². The molecular formula is C23H19F3N8.